The average molecular weight is 192 g/mol. The van der Waals surface area contributed by atoms with Crippen LogP contribution in [-0.2, 0) is 11.0 Å². The summed E-state index contributed by atoms with van der Waals surface area (Å²) < 4.78 is 12.9. The van der Waals surface area contributed by atoms with Crippen LogP contribution in [0.5, 0.6) is 0 Å². The Morgan fingerprint density at radius 2 is 2.42 bits per heavy atom. The third-order valence-corrected chi connectivity index (χ3v) is 3.23. The molecule has 0 bridgehead atoms. The number of amides is 1. The summed E-state index contributed by atoms with van der Waals surface area (Å²) in [6, 6.07) is 0. The van der Waals surface area contributed by atoms with E-state index in [-0.39, 0.29) is 0 Å². The fourth-order valence-corrected chi connectivity index (χ4v) is 2.36. The molecular formula is C6H12N2O3S. The first-order chi connectivity index (χ1) is 5.70. The Labute approximate surface area is 73.3 Å². The number of nitrogens with zero attached hydrogens (tertiary/aromatic N) is 1. The molecule has 0 saturated carbocycles. The van der Waals surface area contributed by atoms with Crippen LogP contribution in [-0.4, -0.2) is 45.1 Å². The quantitative estimate of drug-likeness (QED) is 0.640. The zero-order valence-electron chi connectivity index (χ0n) is 6.65. The molecule has 70 valence electrons. The molecule has 0 aromatic heterocycles. The van der Waals surface area contributed by atoms with Crippen LogP contribution < -0.4 is 5.32 Å². The van der Waals surface area contributed by atoms with Gasteiger partial charge in [0.05, 0.1) is 11.0 Å². The van der Waals surface area contributed by atoms with Crippen molar-refractivity contribution in [3.05, 3.63) is 0 Å². The van der Waals surface area contributed by atoms with Crippen LogP contribution in [0.15, 0.2) is 0 Å². The molecule has 5 nitrogen and oxygen atoms in total. The predicted octanol–water partition coefficient (Wildman–Crippen LogP) is -0.377. The highest BCUT2D eigenvalue weighted by atomic mass is 32.2. The van der Waals surface area contributed by atoms with E-state index in [1.165, 1.54) is 0 Å². The minimum absolute atomic E-state index is 0.348. The van der Waals surface area contributed by atoms with Crippen molar-refractivity contribution >= 4 is 17.1 Å². The Kier molecular flexibility index (Phi) is 3.48. The molecule has 0 radical (unpaired) electrons. The van der Waals surface area contributed by atoms with Gasteiger partial charge in [-0.25, -0.2) is 13.3 Å². The van der Waals surface area contributed by atoms with Crippen LogP contribution in [0.4, 0.5) is 4.79 Å². The van der Waals surface area contributed by atoms with E-state index in [0.29, 0.717) is 18.8 Å². The minimum Gasteiger partial charge on any atom is -0.465 e. The van der Waals surface area contributed by atoms with Gasteiger partial charge < -0.3 is 10.4 Å². The summed E-state index contributed by atoms with van der Waals surface area (Å²) in [5, 5.41) is 10.5. The van der Waals surface area contributed by atoms with Crippen LogP contribution in [0.25, 0.3) is 0 Å². The summed E-state index contributed by atoms with van der Waals surface area (Å²) in [5.74, 6) is 0.715. The van der Waals surface area contributed by atoms with Gasteiger partial charge >= 0.3 is 6.09 Å². The summed E-state index contributed by atoms with van der Waals surface area (Å²) >= 11 is 0. The Balaban J connectivity index is 2.14. The number of hydrogen-bond acceptors (Lipinski definition) is 2. The van der Waals surface area contributed by atoms with E-state index in [2.05, 4.69) is 5.32 Å². The second-order valence-electron chi connectivity index (χ2n) is 2.54. The van der Waals surface area contributed by atoms with Gasteiger partial charge in [-0.15, -0.1) is 0 Å². The molecule has 0 spiro atoms. The van der Waals surface area contributed by atoms with Crippen molar-refractivity contribution in [2.45, 2.75) is 6.42 Å². The van der Waals surface area contributed by atoms with Crippen LogP contribution in [0, 0.1) is 0 Å². The summed E-state index contributed by atoms with van der Waals surface area (Å²) in [7, 11) is -0.875. The highest BCUT2D eigenvalue weighted by Gasteiger charge is 2.18. The molecule has 1 rings (SSSR count). The smallest absolute Gasteiger partial charge is 0.404 e. The van der Waals surface area contributed by atoms with Crippen molar-refractivity contribution in [1.29, 1.82) is 0 Å². The van der Waals surface area contributed by atoms with Crippen molar-refractivity contribution in [2.75, 3.05) is 25.4 Å². The molecule has 0 aliphatic carbocycles. The first kappa shape index (κ1) is 9.47. The second-order valence-corrected chi connectivity index (χ2v) is 4.11. The first-order valence-electron chi connectivity index (χ1n) is 3.80. The van der Waals surface area contributed by atoms with Crippen LogP contribution in [0.1, 0.15) is 6.42 Å². The lowest BCUT2D eigenvalue weighted by molar-refractivity contribution is 0.194. The molecule has 1 unspecified atom stereocenters. The van der Waals surface area contributed by atoms with Gasteiger partial charge in [0, 0.05) is 25.4 Å². The van der Waals surface area contributed by atoms with Gasteiger partial charge in [-0.3, -0.25) is 0 Å². The van der Waals surface area contributed by atoms with Crippen molar-refractivity contribution in [1.82, 2.24) is 9.62 Å². The van der Waals surface area contributed by atoms with Gasteiger partial charge in [0.15, 0.2) is 0 Å². The van der Waals surface area contributed by atoms with Gasteiger partial charge in [-0.1, -0.05) is 0 Å². The van der Waals surface area contributed by atoms with E-state index in [1.807, 2.05) is 0 Å². The number of carbonyl (C=O) groups is 1. The Bertz CT molecular complexity index is 197. The van der Waals surface area contributed by atoms with E-state index < -0.39 is 17.1 Å². The third-order valence-electron chi connectivity index (χ3n) is 1.65. The normalized spacial score (nSPS) is 24.2. The molecule has 0 aromatic rings. The largest absolute Gasteiger partial charge is 0.465 e. The van der Waals surface area contributed by atoms with E-state index in [9.17, 15) is 9.00 Å². The molecule has 0 aromatic carbocycles. The van der Waals surface area contributed by atoms with Gasteiger partial charge in [0.1, 0.15) is 0 Å². The van der Waals surface area contributed by atoms with Gasteiger partial charge in [-0.2, -0.15) is 0 Å². The molecular weight excluding hydrogens is 180 g/mol. The maximum atomic E-state index is 11.1. The van der Waals surface area contributed by atoms with Gasteiger partial charge in [-0.05, 0) is 6.42 Å². The molecule has 1 saturated heterocycles. The molecule has 1 heterocycles. The summed E-state index contributed by atoms with van der Waals surface area (Å²) in [5.41, 5.74) is 0. The number of hydrogen-bond donors (Lipinski definition) is 2. The Hall–Kier alpha value is -0.620. The second kappa shape index (κ2) is 4.42. The first-order valence-corrected chi connectivity index (χ1v) is 5.08. The third kappa shape index (κ3) is 2.78. The molecule has 1 fully saturated rings. The minimum atomic E-state index is -1.03. The van der Waals surface area contributed by atoms with E-state index in [0.717, 1.165) is 13.0 Å². The van der Waals surface area contributed by atoms with E-state index >= 15 is 0 Å². The maximum absolute atomic E-state index is 11.1. The standard InChI is InChI=1S/C6H12N2O3S/c9-6(10)7-2-4-8-3-1-5-12(8)11/h7H,1-5H2,(H,9,10). The molecule has 12 heavy (non-hydrogen) atoms. The lowest BCUT2D eigenvalue weighted by Gasteiger charge is -2.12. The highest BCUT2D eigenvalue weighted by Crippen LogP contribution is 2.06. The lowest BCUT2D eigenvalue weighted by atomic mass is 10.5. The molecule has 1 amide bonds. The summed E-state index contributed by atoms with van der Waals surface area (Å²) in [6.45, 7) is 1.70. The zero-order chi connectivity index (χ0) is 8.97. The summed E-state index contributed by atoms with van der Waals surface area (Å²) in [6.07, 6.45) is -0.0837. The fourth-order valence-electron chi connectivity index (χ4n) is 1.10. The van der Waals surface area contributed by atoms with Crippen LogP contribution in [0.2, 0.25) is 0 Å². The topological polar surface area (TPSA) is 69.6 Å². The number of rotatable bonds is 3. The highest BCUT2D eigenvalue weighted by molar-refractivity contribution is 7.82. The predicted molar refractivity (Wildman–Crippen MR) is 45.2 cm³/mol. The lowest BCUT2D eigenvalue weighted by Crippen LogP contribution is -2.33. The maximum Gasteiger partial charge on any atom is 0.404 e. The van der Waals surface area contributed by atoms with Gasteiger partial charge in [0.25, 0.3) is 0 Å². The van der Waals surface area contributed by atoms with E-state index in [1.54, 1.807) is 4.31 Å². The van der Waals surface area contributed by atoms with Crippen molar-refractivity contribution < 1.29 is 14.1 Å². The Morgan fingerprint density at radius 1 is 1.67 bits per heavy atom. The molecule has 1 atom stereocenters. The SMILES string of the molecule is O=C(O)NCCN1CCCS1=O. The number of nitrogens with one attached hydrogen (secondary N) is 1. The van der Waals surface area contributed by atoms with Crippen molar-refractivity contribution in [2.24, 2.45) is 0 Å². The number of carboxylic acid groups (broad SMARTS) is 1. The monoisotopic (exact) mass is 192 g/mol. The average Bonchev–Trinajstić information content (AvgIpc) is 2.36. The van der Waals surface area contributed by atoms with E-state index in [4.69, 9.17) is 5.11 Å². The van der Waals surface area contributed by atoms with Crippen LogP contribution in [0.3, 0.4) is 0 Å². The van der Waals surface area contributed by atoms with Crippen molar-refractivity contribution in [3.63, 3.8) is 0 Å². The van der Waals surface area contributed by atoms with Gasteiger partial charge in [0.2, 0.25) is 0 Å². The van der Waals surface area contributed by atoms with Crippen molar-refractivity contribution in [3.8, 4) is 0 Å². The Morgan fingerprint density at radius 3 is 2.92 bits per heavy atom. The molecule has 6 heteroatoms. The molecule has 1 aliphatic heterocycles. The summed E-state index contributed by atoms with van der Waals surface area (Å²) in [4.78, 5) is 10.0. The fraction of sp³-hybridized carbons (Fsp3) is 0.833. The molecule has 2 N–H and O–H groups in total. The molecule has 1 aliphatic rings. The zero-order valence-corrected chi connectivity index (χ0v) is 7.47. The van der Waals surface area contributed by atoms with Crippen LogP contribution >= 0.6 is 0 Å².